The van der Waals surface area contributed by atoms with E-state index < -0.39 is 0 Å². The summed E-state index contributed by atoms with van der Waals surface area (Å²) in [7, 11) is 8.63. The summed E-state index contributed by atoms with van der Waals surface area (Å²) in [5, 5.41) is 0. The molecule has 0 aliphatic heterocycles. The van der Waals surface area contributed by atoms with Crippen LogP contribution in [0.4, 0.5) is 0 Å². The molecule has 0 amide bonds. The number of aryl methyl sites for hydroxylation is 8. The Morgan fingerprint density at radius 3 is 0.890 bits per heavy atom. The lowest BCUT2D eigenvalue weighted by Gasteiger charge is -2.22. The molecule has 0 spiro atoms. The first-order valence-corrected chi connectivity index (χ1v) is 49.7. The normalized spacial score (nSPS) is 14.1. The van der Waals surface area contributed by atoms with Gasteiger partial charge in [0, 0.05) is 120 Å². The molecule has 0 unspecified atom stereocenters. The molecule has 0 bridgehead atoms. The minimum Gasteiger partial charge on any atom is -0.264 e. The minimum absolute atomic E-state index is 0.0177. The summed E-state index contributed by atoms with van der Waals surface area (Å²) in [5.41, 5.74) is 47.3. The van der Waals surface area contributed by atoms with Crippen molar-refractivity contribution in [3.8, 4) is 113 Å². The van der Waals surface area contributed by atoms with E-state index in [-0.39, 0.29) is 21.7 Å². The van der Waals surface area contributed by atoms with Crippen molar-refractivity contribution in [1.29, 1.82) is 0 Å². The number of nitrogens with zero attached hydrogens (tertiary/aromatic N) is 12. The summed E-state index contributed by atoms with van der Waals surface area (Å²) in [6.07, 6.45) is 29.4. The van der Waals surface area contributed by atoms with E-state index in [0.717, 1.165) is 5.69 Å². The van der Waals surface area contributed by atoms with Crippen LogP contribution in [0.1, 0.15) is 325 Å². The van der Waals surface area contributed by atoms with E-state index in [1.807, 2.05) is 37.2 Å². The van der Waals surface area contributed by atoms with Gasteiger partial charge < -0.3 is 0 Å². The van der Waals surface area contributed by atoms with E-state index in [9.17, 15) is 0 Å². The van der Waals surface area contributed by atoms with Crippen molar-refractivity contribution in [2.75, 3.05) is 0 Å². The molecule has 0 radical (unpaired) electrons. The average molecular weight is 1800 g/mol. The van der Waals surface area contributed by atoms with Crippen LogP contribution in [0.3, 0.4) is 0 Å². The van der Waals surface area contributed by atoms with Gasteiger partial charge in [0.2, 0.25) is 0 Å². The fourth-order valence-corrected chi connectivity index (χ4v) is 22.9. The van der Waals surface area contributed by atoms with Crippen LogP contribution in [-0.4, -0.2) is 38.2 Å². The van der Waals surface area contributed by atoms with Crippen LogP contribution in [0, 0.1) is 27.7 Å². The molecule has 8 aromatic carbocycles. The fourth-order valence-electron chi connectivity index (χ4n) is 22.9. The third kappa shape index (κ3) is 16.0. The van der Waals surface area contributed by atoms with Gasteiger partial charge in [-0.1, -0.05) is 275 Å². The molecule has 20 rings (SSSR count). The predicted octanol–water partition coefficient (Wildman–Crippen LogP) is 28.9. The lowest BCUT2D eigenvalue weighted by atomic mass is 9.82. The lowest BCUT2D eigenvalue weighted by molar-refractivity contribution is -0.659. The Hall–Kier alpha value is -12.8. The molecule has 4 aliphatic rings. The van der Waals surface area contributed by atoms with E-state index in [0.29, 0.717) is 47.3 Å². The largest absolute Gasteiger partial charge is 0.294 e. The molecular formula is C124H144N12+4. The van der Waals surface area contributed by atoms with E-state index in [1.54, 1.807) is 0 Å². The fraction of sp³-hybridized carbons (Fsp3) is 0.355. The van der Waals surface area contributed by atoms with Crippen LogP contribution in [0.2, 0.25) is 0 Å². The standard InChI is InChI=1S/4C31H36N3/c1-19(2)22-11-9-12-23(20(3)4)29(22)34-16-15-33(8)30(34)24-18-25-27(17-21(24)5)31(6,7)26-13-10-14-32-28(25)26;1-19(2)22-11-9-12-23(20(3)4)28(22)34-16-15-33(8)30(34)25-18-26-24-13-10-14-32-29(24)31(6,7)27(26)17-21(25)5;1-19(2)22-10-9-11-23(20(3)4)29(22)34-15-14-33(8)30(34)24-17-25-26-18-32-13-12-27(26)31(6,7)28(25)16-21(24)5;1-19(2)22-10-9-11-23(20(3)4)29(22)34-15-14-33(8)30(34)25-17-26-24-12-13-32-18-28(24)31(6,7)27(26)16-21(25)5/h4*9-20H,1-8H3/q4*+1. The number of para-hydroxylation sites is 4. The van der Waals surface area contributed by atoms with Gasteiger partial charge in [0.25, 0.3) is 23.3 Å². The maximum absolute atomic E-state index is 4.81. The quantitative estimate of drug-likeness (QED) is 0.0902. The van der Waals surface area contributed by atoms with Crippen molar-refractivity contribution in [3.05, 3.63) is 356 Å². The van der Waals surface area contributed by atoms with Crippen molar-refractivity contribution in [1.82, 2.24) is 38.2 Å². The summed E-state index contributed by atoms with van der Waals surface area (Å²) in [6, 6.07) is 59.2. The number of hydrogen-bond donors (Lipinski definition) is 0. The molecule has 12 nitrogen and oxygen atoms in total. The topological polar surface area (TPSA) is 86.8 Å². The smallest absolute Gasteiger partial charge is 0.264 e. The van der Waals surface area contributed by atoms with Crippen LogP contribution in [0.25, 0.3) is 113 Å². The van der Waals surface area contributed by atoms with Crippen LogP contribution in [-0.2, 0) is 49.9 Å². The second-order valence-electron chi connectivity index (χ2n) is 43.8. The van der Waals surface area contributed by atoms with Gasteiger partial charge in [0.15, 0.2) is 0 Å². The molecule has 4 aliphatic carbocycles. The third-order valence-corrected chi connectivity index (χ3v) is 30.5. The van der Waals surface area contributed by atoms with Gasteiger partial charge in [-0.15, -0.1) is 0 Å². The molecule has 0 fully saturated rings. The number of imidazole rings is 4. The number of rotatable bonds is 16. The van der Waals surface area contributed by atoms with Crippen LogP contribution < -0.4 is 18.3 Å². The number of benzene rings is 8. The van der Waals surface area contributed by atoms with Crippen LogP contribution in [0.5, 0.6) is 0 Å². The third-order valence-electron chi connectivity index (χ3n) is 30.5. The highest BCUT2D eigenvalue weighted by atomic mass is 15.2. The zero-order valence-electron chi connectivity index (χ0n) is 87.1. The van der Waals surface area contributed by atoms with Gasteiger partial charge in [0.1, 0.15) is 72.3 Å². The Balaban J connectivity index is 0.000000126. The highest BCUT2D eigenvalue weighted by Crippen LogP contribution is 2.56. The Morgan fingerprint density at radius 2 is 0.529 bits per heavy atom. The van der Waals surface area contributed by atoms with E-state index in [2.05, 4.69) is 476 Å². The molecule has 8 aromatic heterocycles. The van der Waals surface area contributed by atoms with Crippen molar-refractivity contribution in [3.63, 3.8) is 0 Å². The monoisotopic (exact) mass is 1800 g/mol. The van der Waals surface area contributed by atoms with Crippen molar-refractivity contribution in [2.24, 2.45) is 28.2 Å². The molecular weight excluding hydrogens is 1660 g/mol. The molecule has 12 heteroatoms. The first-order chi connectivity index (χ1) is 64.5. The summed E-state index contributed by atoms with van der Waals surface area (Å²) in [6.45, 7) is 64.1. The molecule has 0 N–H and O–H groups in total. The Kier molecular flexibility index (Phi) is 25.2. The second kappa shape index (κ2) is 36.0. The first kappa shape index (κ1) is 94.9. The van der Waals surface area contributed by atoms with Crippen LogP contribution >= 0.6 is 0 Å². The molecule has 0 atom stereocenters. The number of fused-ring (bicyclic) bond motifs is 12. The first-order valence-electron chi connectivity index (χ1n) is 49.7. The Labute approximate surface area is 811 Å². The molecule has 696 valence electrons. The predicted molar refractivity (Wildman–Crippen MR) is 563 cm³/mol. The summed E-state index contributed by atoms with van der Waals surface area (Å²) in [5.74, 6) is 8.36. The van der Waals surface area contributed by atoms with Crippen molar-refractivity contribution >= 4 is 0 Å². The van der Waals surface area contributed by atoms with E-state index in [4.69, 9.17) is 9.97 Å². The van der Waals surface area contributed by atoms with Gasteiger partial charge >= 0.3 is 0 Å². The Bertz CT molecular complexity index is 6370. The Morgan fingerprint density at radius 1 is 0.243 bits per heavy atom. The van der Waals surface area contributed by atoms with Crippen LogP contribution in [0.15, 0.2) is 244 Å². The number of hydrogen-bond acceptors (Lipinski definition) is 4. The minimum atomic E-state index is -0.0888. The van der Waals surface area contributed by atoms with Gasteiger partial charge in [-0.2, -0.15) is 18.3 Å². The highest BCUT2D eigenvalue weighted by Gasteiger charge is 2.44. The van der Waals surface area contributed by atoms with Gasteiger partial charge in [-0.3, -0.25) is 19.9 Å². The zero-order valence-corrected chi connectivity index (χ0v) is 87.1. The SMILES string of the molecule is Cc1cc2c(cc1-c1n(-c3c(C(C)C)cccc3C(C)C)cc[n+]1C)-c1cccnc1C2(C)C.Cc1cc2c(cc1-c1n(-c3c(C(C)C)cccc3C(C)C)cc[n+]1C)-c1ccncc1C2(C)C.Cc1cc2c(cc1-c1n(-c3c(C(C)C)cccc3C(C)C)cc[n+]1C)-c1cnccc1C2(C)C.Cc1cc2c(cc1-c1n(-c3c(C(C)C)cccc3C(C)C)cc[n+]1C)-c1ncccc1C2(C)C. The van der Waals surface area contributed by atoms with Gasteiger partial charge in [-0.25, -0.2) is 18.3 Å². The van der Waals surface area contributed by atoms with Crippen molar-refractivity contribution < 1.29 is 18.3 Å². The highest BCUT2D eigenvalue weighted by molar-refractivity contribution is 5.88. The van der Waals surface area contributed by atoms with Crippen molar-refractivity contribution in [2.45, 2.75) is 263 Å². The lowest BCUT2D eigenvalue weighted by Crippen LogP contribution is -2.29. The average Bonchev–Trinajstić information content (AvgIpc) is 1.55. The van der Waals surface area contributed by atoms with Gasteiger partial charge in [-0.05, 0) is 207 Å². The maximum atomic E-state index is 4.81. The van der Waals surface area contributed by atoms with E-state index >= 15 is 0 Å². The summed E-state index contributed by atoms with van der Waals surface area (Å²) >= 11 is 0. The second-order valence-corrected chi connectivity index (χ2v) is 43.8. The number of pyridine rings is 4. The number of aromatic nitrogens is 12. The maximum Gasteiger partial charge on any atom is 0.294 e. The van der Waals surface area contributed by atoms with Gasteiger partial charge in [0.05, 0.1) is 61.8 Å². The molecule has 136 heavy (non-hydrogen) atoms. The molecule has 0 saturated carbocycles. The molecule has 16 aromatic rings. The zero-order chi connectivity index (χ0) is 97.4. The summed E-state index contributed by atoms with van der Waals surface area (Å²) < 4.78 is 18.7. The summed E-state index contributed by atoms with van der Waals surface area (Å²) in [4.78, 5) is 18.5. The van der Waals surface area contributed by atoms with E-state index in [1.165, 1.54) is 219 Å². The molecule has 0 saturated heterocycles. The molecule has 8 heterocycles.